The van der Waals surface area contributed by atoms with Gasteiger partial charge in [-0.2, -0.15) is 0 Å². The summed E-state index contributed by atoms with van der Waals surface area (Å²) in [6.07, 6.45) is 0. The van der Waals surface area contributed by atoms with Gasteiger partial charge in [-0.05, 0) is 4.66 Å². The zero-order chi connectivity index (χ0) is 5.21. The minimum Gasteiger partial charge on any atom is -0.396 e. The summed E-state index contributed by atoms with van der Waals surface area (Å²) in [6, 6.07) is 0. The predicted molar refractivity (Wildman–Crippen MR) is 35.3 cm³/mol. The maximum Gasteiger partial charge on any atom is 0.0420 e. The zero-order valence-electron chi connectivity index (χ0n) is 4.65. The molecule has 0 spiro atoms. The zero-order valence-corrected chi connectivity index (χ0v) is 8.65. The molecule has 0 heterocycles. The van der Waals surface area contributed by atoms with Crippen LogP contribution < -0.4 is 0 Å². The van der Waals surface area contributed by atoms with Gasteiger partial charge >= 0.3 is 0 Å². The van der Waals surface area contributed by atoms with Gasteiger partial charge in [-0.25, -0.2) is 0 Å². The summed E-state index contributed by atoms with van der Waals surface area (Å²) in [5.41, 5.74) is 0. The first-order valence-corrected chi connectivity index (χ1v) is 4.17. The van der Waals surface area contributed by atoms with Crippen LogP contribution in [0.15, 0.2) is 0 Å². The van der Waals surface area contributed by atoms with Crippen molar-refractivity contribution in [1.82, 2.24) is 0 Å². The van der Waals surface area contributed by atoms with Crippen LogP contribution in [-0.2, 0) is 0 Å². The Balaban J connectivity index is 3.17. The Hall–Kier alpha value is 0.394. The Morgan fingerprint density at radius 1 is 1.67 bits per heavy atom. The lowest BCUT2D eigenvalue weighted by Crippen LogP contribution is -2.11. The first-order chi connectivity index (χ1) is 2.56. The molecule has 1 N–H and O–H groups in total. The van der Waals surface area contributed by atoms with Gasteiger partial charge in [0.1, 0.15) is 0 Å². The highest BCUT2D eigenvalue weighted by atomic mass is 28.2. The summed E-state index contributed by atoms with van der Waals surface area (Å²) >= 11 is 0. The highest BCUT2D eigenvalue weighted by Gasteiger charge is 2.05. The number of hydrogen-bond acceptors (Lipinski definition) is 1. The van der Waals surface area contributed by atoms with Crippen LogP contribution in [0.2, 0.25) is 4.66 Å². The quantitative estimate of drug-likeness (QED) is 0.391. The highest BCUT2D eigenvalue weighted by Crippen LogP contribution is 2.08. The molecule has 0 aromatic carbocycles. The molecule has 0 bridgehead atoms. The molecule has 3 heteroatoms. The second-order valence-corrected chi connectivity index (χ2v) is 10.1. The van der Waals surface area contributed by atoms with Crippen molar-refractivity contribution in [3.63, 3.8) is 0 Å². The van der Waals surface area contributed by atoms with Crippen LogP contribution in [0, 0.1) is 0 Å². The molecule has 0 amide bonds. The topological polar surface area (TPSA) is 20.2 Å². The molecule has 0 rings (SSSR count). The van der Waals surface area contributed by atoms with Gasteiger partial charge in [-0.15, -0.1) is 0 Å². The van der Waals surface area contributed by atoms with Crippen molar-refractivity contribution in [3.8, 4) is 0 Å². The van der Waals surface area contributed by atoms with E-state index in [1.807, 2.05) is 0 Å². The average molecular weight is 120 g/mol. The molecule has 0 aliphatic carbocycles. The third kappa shape index (κ3) is 4.39. The smallest absolute Gasteiger partial charge is 0.0420 e. The normalized spacial score (nSPS) is 21.0. The Labute approximate surface area is 44.6 Å². The lowest BCUT2D eigenvalue weighted by Gasteiger charge is -2.11. The maximum absolute atomic E-state index is 8.47. The fourth-order valence-electron chi connectivity index (χ4n) is 0. The van der Waals surface area contributed by atoms with Crippen LogP contribution >= 0.6 is 0 Å². The molecule has 1 nitrogen and oxygen atoms in total. The lowest BCUT2D eigenvalue weighted by atomic mass is 10.5. The van der Waals surface area contributed by atoms with Gasteiger partial charge in [0.15, 0.2) is 0 Å². The van der Waals surface area contributed by atoms with Crippen LogP contribution in [0.4, 0.5) is 0 Å². The van der Waals surface area contributed by atoms with E-state index in [1.54, 1.807) is 0 Å². The molecule has 0 unspecified atom stereocenters. The molecule has 0 radical (unpaired) electrons. The van der Waals surface area contributed by atoms with E-state index in [9.17, 15) is 0 Å². The van der Waals surface area contributed by atoms with Gasteiger partial charge < -0.3 is 5.11 Å². The van der Waals surface area contributed by atoms with Gasteiger partial charge in [-0.3, -0.25) is 0 Å². The van der Waals surface area contributed by atoms with E-state index in [4.69, 9.17) is 5.11 Å². The van der Waals surface area contributed by atoms with E-state index in [0.717, 1.165) is 20.5 Å². The number of aliphatic hydroxyl groups is 1. The molecular weight excluding hydrogens is 108 g/mol. The molecule has 0 saturated heterocycles. The Bertz CT molecular complexity index is 38.5. The summed E-state index contributed by atoms with van der Waals surface area (Å²) in [5.74, 6) is 0. The second kappa shape index (κ2) is 1.90. The minimum atomic E-state index is 0.375. The third-order valence-electron chi connectivity index (χ3n) is 0.474. The highest BCUT2D eigenvalue weighted by molar-refractivity contribution is 6.39. The lowest BCUT2D eigenvalue weighted by molar-refractivity contribution is 0.282. The Morgan fingerprint density at radius 3 is 1.83 bits per heavy atom. The maximum atomic E-state index is 8.47. The first-order valence-electron chi connectivity index (χ1n) is 2.17. The van der Waals surface area contributed by atoms with Gasteiger partial charge in [-0.1, -0.05) is 6.92 Å². The molecule has 0 fully saturated rings. The fourth-order valence-corrected chi connectivity index (χ4v) is 0. The van der Waals surface area contributed by atoms with Crippen LogP contribution in [0.5, 0.6) is 0 Å². The van der Waals surface area contributed by atoms with E-state index in [-0.39, 0.29) is 0 Å². The van der Waals surface area contributed by atoms with Gasteiger partial charge in [0.05, 0.1) is 0 Å². The van der Waals surface area contributed by atoms with Crippen molar-refractivity contribution in [2.75, 3.05) is 6.61 Å². The Kier molecular flexibility index (Phi) is 2.03. The number of rotatable bonds is 1. The molecule has 6 heavy (non-hydrogen) atoms. The largest absolute Gasteiger partial charge is 0.396 e. The van der Waals surface area contributed by atoms with Crippen LogP contribution in [-0.4, -0.2) is 32.2 Å². The van der Waals surface area contributed by atoms with Crippen LogP contribution in [0.3, 0.4) is 0 Å². The summed E-state index contributed by atoms with van der Waals surface area (Å²) < 4.78 is 0.375. The average Bonchev–Trinajstić information content (AvgIpc) is 1.35. The van der Waals surface area contributed by atoms with Crippen LogP contribution in [0.1, 0.15) is 6.92 Å². The van der Waals surface area contributed by atoms with E-state index < -0.39 is 0 Å². The number of aliphatic hydroxyl groups excluding tert-OH is 1. The van der Waals surface area contributed by atoms with Crippen molar-refractivity contribution < 1.29 is 5.11 Å². The van der Waals surface area contributed by atoms with Crippen molar-refractivity contribution >= 4 is 20.5 Å². The molecule has 38 valence electrons. The summed E-state index contributed by atoms with van der Waals surface area (Å²) in [5, 5.41) is 8.47. The minimum absolute atomic E-state index is 0.375. The first kappa shape index (κ1) is 6.39. The van der Waals surface area contributed by atoms with Gasteiger partial charge in [0, 0.05) is 27.1 Å². The Morgan fingerprint density at radius 2 is 1.83 bits per heavy atom. The third-order valence-corrected chi connectivity index (χ3v) is 1.11. The van der Waals surface area contributed by atoms with E-state index in [2.05, 4.69) is 6.92 Å². The molecule has 0 aliphatic rings. The summed E-state index contributed by atoms with van der Waals surface area (Å²) in [4.78, 5) is 0. The summed E-state index contributed by atoms with van der Waals surface area (Å²) in [7, 11) is 2.28. The second-order valence-electron chi connectivity index (χ2n) is 2.72. The van der Waals surface area contributed by atoms with Crippen molar-refractivity contribution in [2.24, 2.45) is 0 Å². The standard InChI is InChI=1S/C3H12OSi2/c1-3(5,6)2-4/h4H,2H2,1,5-6H3. The molecule has 0 aromatic rings. The fraction of sp³-hybridized carbons (Fsp3) is 1.00. The molecule has 0 aromatic heterocycles. The molecular formula is C3H12OSi2. The summed E-state index contributed by atoms with van der Waals surface area (Å²) in [6.45, 7) is 2.51. The number of hydrogen-bond donors (Lipinski definition) is 1. The van der Waals surface area contributed by atoms with Crippen LogP contribution in [0.25, 0.3) is 0 Å². The monoisotopic (exact) mass is 120 g/mol. The van der Waals surface area contributed by atoms with Crippen molar-refractivity contribution in [2.45, 2.75) is 11.6 Å². The molecule has 0 saturated carbocycles. The van der Waals surface area contributed by atoms with E-state index >= 15 is 0 Å². The van der Waals surface area contributed by atoms with Gasteiger partial charge in [0.2, 0.25) is 0 Å². The van der Waals surface area contributed by atoms with E-state index in [0.29, 0.717) is 11.3 Å². The van der Waals surface area contributed by atoms with E-state index in [1.165, 1.54) is 0 Å². The SMILES string of the molecule is CC([SiH3])([SiH3])CO. The van der Waals surface area contributed by atoms with Crippen molar-refractivity contribution in [3.05, 3.63) is 0 Å². The van der Waals surface area contributed by atoms with Gasteiger partial charge in [0.25, 0.3) is 0 Å². The molecule has 0 aliphatic heterocycles. The molecule has 0 atom stereocenters. The van der Waals surface area contributed by atoms with Crippen molar-refractivity contribution in [1.29, 1.82) is 0 Å². The predicted octanol–water partition coefficient (Wildman–Crippen LogP) is -2.15.